The Bertz CT molecular complexity index is 1190. The highest BCUT2D eigenvalue weighted by molar-refractivity contribution is 6.46. The van der Waals surface area contributed by atoms with Gasteiger partial charge in [-0.15, -0.1) is 0 Å². The van der Waals surface area contributed by atoms with Crippen molar-refractivity contribution < 1.29 is 38.4 Å². The molecule has 2 aromatic rings. The number of carbonyl (C=O) groups excluding carboxylic acids is 2. The molecule has 9 heteroatoms. The molecule has 2 aliphatic heterocycles. The van der Waals surface area contributed by atoms with Crippen molar-refractivity contribution in [3.63, 3.8) is 0 Å². The van der Waals surface area contributed by atoms with Crippen LogP contribution in [0.1, 0.15) is 50.3 Å². The fraction of sp³-hybridized carbons (Fsp3) is 0.448. The van der Waals surface area contributed by atoms with E-state index in [0.717, 1.165) is 12.8 Å². The Kier molecular flexibility index (Phi) is 9.12. The molecule has 0 radical (unpaired) electrons. The third kappa shape index (κ3) is 5.72. The summed E-state index contributed by atoms with van der Waals surface area (Å²) in [5, 5.41) is 11.4. The number of likely N-dealkylation sites (tertiary alicyclic amines) is 1. The number of rotatable bonds is 12. The second-order valence-corrected chi connectivity index (χ2v) is 9.04. The molecule has 1 amide bonds. The maximum atomic E-state index is 13.3. The average Bonchev–Trinajstić information content (AvgIpc) is 3.18. The van der Waals surface area contributed by atoms with Gasteiger partial charge in [0, 0.05) is 25.8 Å². The topological polar surface area (TPSA) is 104 Å². The molecule has 38 heavy (non-hydrogen) atoms. The van der Waals surface area contributed by atoms with Crippen molar-refractivity contribution in [1.29, 1.82) is 0 Å². The van der Waals surface area contributed by atoms with Gasteiger partial charge in [-0.1, -0.05) is 19.4 Å². The predicted octanol–water partition coefficient (Wildman–Crippen LogP) is 4.49. The van der Waals surface area contributed by atoms with Crippen LogP contribution in [0.5, 0.6) is 23.0 Å². The molecule has 2 aromatic carbocycles. The first-order chi connectivity index (χ1) is 18.5. The minimum atomic E-state index is -0.816. The number of aliphatic hydroxyl groups excluding tert-OH is 1. The van der Waals surface area contributed by atoms with E-state index < -0.39 is 17.7 Å². The maximum absolute atomic E-state index is 13.3. The SMILES string of the molecule is CCCCOc1ccc(C2/C(=C(\O)c3ccc4c(c3)OCCO4)C(=O)C(=O)N2CCCOC)cc1OCC. The highest BCUT2D eigenvalue weighted by Gasteiger charge is 2.46. The minimum absolute atomic E-state index is 0.00574. The van der Waals surface area contributed by atoms with Crippen LogP contribution < -0.4 is 18.9 Å². The molecular weight excluding hydrogens is 490 g/mol. The summed E-state index contributed by atoms with van der Waals surface area (Å²) < 4.78 is 28.2. The molecule has 2 heterocycles. The van der Waals surface area contributed by atoms with Crippen molar-refractivity contribution >= 4 is 17.4 Å². The molecule has 0 bridgehead atoms. The zero-order valence-electron chi connectivity index (χ0n) is 22.2. The second-order valence-electron chi connectivity index (χ2n) is 9.04. The number of nitrogens with zero attached hydrogens (tertiary/aromatic N) is 1. The zero-order chi connectivity index (χ0) is 27.1. The van der Waals surface area contributed by atoms with Crippen LogP contribution in [0.2, 0.25) is 0 Å². The molecule has 4 rings (SSSR count). The van der Waals surface area contributed by atoms with Crippen LogP contribution >= 0.6 is 0 Å². The molecule has 0 saturated carbocycles. The quantitative estimate of drug-likeness (QED) is 0.187. The molecule has 0 aliphatic carbocycles. The number of ketones is 1. The van der Waals surface area contributed by atoms with Crippen LogP contribution in [0.25, 0.3) is 5.76 Å². The number of benzene rings is 2. The molecule has 0 aromatic heterocycles. The van der Waals surface area contributed by atoms with Crippen LogP contribution in [-0.4, -0.2) is 68.4 Å². The van der Waals surface area contributed by atoms with Crippen molar-refractivity contribution in [3.8, 4) is 23.0 Å². The Morgan fingerprint density at radius 1 is 0.974 bits per heavy atom. The zero-order valence-corrected chi connectivity index (χ0v) is 22.2. The lowest BCUT2D eigenvalue weighted by Gasteiger charge is -2.26. The summed E-state index contributed by atoms with van der Waals surface area (Å²) in [5.41, 5.74) is 0.997. The Hall–Kier alpha value is -3.72. The van der Waals surface area contributed by atoms with E-state index >= 15 is 0 Å². The van der Waals surface area contributed by atoms with Gasteiger partial charge in [-0.3, -0.25) is 9.59 Å². The van der Waals surface area contributed by atoms with Crippen molar-refractivity contribution in [3.05, 3.63) is 53.1 Å². The minimum Gasteiger partial charge on any atom is -0.507 e. The van der Waals surface area contributed by atoms with Crippen molar-refractivity contribution in [2.75, 3.05) is 46.7 Å². The first-order valence-electron chi connectivity index (χ1n) is 13.1. The van der Waals surface area contributed by atoms with Crippen LogP contribution in [0, 0.1) is 0 Å². The van der Waals surface area contributed by atoms with E-state index in [1.807, 2.05) is 6.92 Å². The van der Waals surface area contributed by atoms with Gasteiger partial charge in [0.25, 0.3) is 11.7 Å². The van der Waals surface area contributed by atoms with E-state index in [-0.39, 0.29) is 17.9 Å². The molecule has 0 spiro atoms. The third-order valence-electron chi connectivity index (χ3n) is 6.44. The first-order valence-corrected chi connectivity index (χ1v) is 13.1. The van der Waals surface area contributed by atoms with Crippen molar-refractivity contribution in [2.45, 2.75) is 39.2 Å². The Morgan fingerprint density at radius 3 is 2.50 bits per heavy atom. The summed E-state index contributed by atoms with van der Waals surface area (Å²) in [6.07, 6.45) is 2.43. The molecule has 9 nitrogen and oxygen atoms in total. The maximum Gasteiger partial charge on any atom is 0.295 e. The summed E-state index contributed by atoms with van der Waals surface area (Å²) in [6, 6.07) is 9.51. The largest absolute Gasteiger partial charge is 0.507 e. The van der Waals surface area contributed by atoms with Crippen LogP contribution in [-0.2, 0) is 14.3 Å². The number of hydrogen-bond donors (Lipinski definition) is 1. The van der Waals surface area contributed by atoms with E-state index in [2.05, 4.69) is 6.92 Å². The summed E-state index contributed by atoms with van der Waals surface area (Å²) in [4.78, 5) is 28.0. The van der Waals surface area contributed by atoms with Gasteiger partial charge < -0.3 is 33.7 Å². The molecule has 1 atom stereocenters. The smallest absolute Gasteiger partial charge is 0.295 e. The number of hydrogen-bond acceptors (Lipinski definition) is 8. The molecular formula is C29H35NO8. The standard InChI is InChI=1S/C29H35NO8/c1-4-6-14-36-21-10-8-19(17-23(21)35-5-2)26-25(28(32)29(33)30(26)12-7-13-34-3)27(31)20-9-11-22-24(18-20)38-16-15-37-22/h8-11,17-18,26,31H,4-7,12-16H2,1-3H3/b27-25+. The lowest BCUT2D eigenvalue weighted by atomic mass is 9.94. The third-order valence-corrected chi connectivity index (χ3v) is 6.44. The molecule has 1 saturated heterocycles. The van der Waals surface area contributed by atoms with E-state index in [4.69, 9.17) is 23.7 Å². The predicted molar refractivity (Wildman–Crippen MR) is 141 cm³/mol. The van der Waals surface area contributed by atoms with E-state index in [9.17, 15) is 14.7 Å². The summed E-state index contributed by atoms with van der Waals surface area (Å²) >= 11 is 0. The summed E-state index contributed by atoms with van der Waals surface area (Å²) in [6.45, 7) is 6.45. The normalized spacial score (nSPS) is 18.1. The van der Waals surface area contributed by atoms with E-state index in [0.29, 0.717) is 73.6 Å². The van der Waals surface area contributed by atoms with Gasteiger partial charge in [0.15, 0.2) is 23.0 Å². The van der Waals surface area contributed by atoms with Crippen molar-refractivity contribution in [1.82, 2.24) is 4.90 Å². The monoisotopic (exact) mass is 525 g/mol. The molecule has 1 N–H and O–H groups in total. The van der Waals surface area contributed by atoms with Crippen molar-refractivity contribution in [2.24, 2.45) is 0 Å². The van der Waals surface area contributed by atoms with E-state index in [1.54, 1.807) is 43.5 Å². The van der Waals surface area contributed by atoms with Gasteiger partial charge in [0.2, 0.25) is 0 Å². The van der Waals surface area contributed by atoms with Gasteiger partial charge in [-0.25, -0.2) is 0 Å². The molecule has 2 aliphatic rings. The molecule has 1 unspecified atom stereocenters. The average molecular weight is 526 g/mol. The Balaban J connectivity index is 1.79. The fourth-order valence-electron chi connectivity index (χ4n) is 4.59. The molecule has 1 fully saturated rings. The number of fused-ring (bicyclic) bond motifs is 1. The van der Waals surface area contributed by atoms with Gasteiger partial charge in [0.1, 0.15) is 19.0 Å². The number of aliphatic hydroxyl groups is 1. The highest BCUT2D eigenvalue weighted by Crippen LogP contribution is 2.43. The van der Waals surface area contributed by atoms with Gasteiger partial charge in [0.05, 0.1) is 24.8 Å². The van der Waals surface area contributed by atoms with Crippen LogP contribution in [0.15, 0.2) is 42.0 Å². The van der Waals surface area contributed by atoms with Crippen LogP contribution in [0.3, 0.4) is 0 Å². The van der Waals surface area contributed by atoms with E-state index in [1.165, 1.54) is 4.90 Å². The number of ether oxygens (including phenoxy) is 5. The Labute approximate surface area is 222 Å². The molecule has 204 valence electrons. The van der Waals surface area contributed by atoms with Gasteiger partial charge in [-0.2, -0.15) is 0 Å². The number of Topliss-reactive ketones (excluding diaryl/α,β-unsaturated/α-hetero) is 1. The van der Waals surface area contributed by atoms with Crippen LogP contribution in [0.4, 0.5) is 0 Å². The second kappa shape index (κ2) is 12.7. The number of amides is 1. The highest BCUT2D eigenvalue weighted by atomic mass is 16.6. The number of carbonyl (C=O) groups is 2. The summed E-state index contributed by atoms with van der Waals surface area (Å²) in [5.74, 6) is 0.436. The number of methoxy groups -OCH3 is 1. The lowest BCUT2D eigenvalue weighted by Crippen LogP contribution is -2.31. The van der Waals surface area contributed by atoms with Gasteiger partial charge >= 0.3 is 0 Å². The number of unbranched alkanes of at least 4 members (excludes halogenated alkanes) is 1. The fourth-order valence-corrected chi connectivity index (χ4v) is 4.59. The van der Waals surface area contributed by atoms with Gasteiger partial charge in [-0.05, 0) is 55.7 Å². The first kappa shape index (κ1) is 27.3. The lowest BCUT2D eigenvalue weighted by molar-refractivity contribution is -0.140. The summed E-state index contributed by atoms with van der Waals surface area (Å²) in [7, 11) is 1.58. The Morgan fingerprint density at radius 2 is 1.76 bits per heavy atom.